The second-order valence-corrected chi connectivity index (χ2v) is 5.92. The van der Waals surface area contributed by atoms with E-state index in [1.807, 2.05) is 6.92 Å². The molecule has 0 aromatic carbocycles. The van der Waals surface area contributed by atoms with Gasteiger partial charge in [-0.05, 0) is 19.9 Å². The number of hydrogen-bond acceptors (Lipinski definition) is 4. The number of amides is 1. The molecule has 2 N–H and O–H groups in total. The summed E-state index contributed by atoms with van der Waals surface area (Å²) in [7, 11) is -3.03. The predicted octanol–water partition coefficient (Wildman–Crippen LogP) is -0.465. The fourth-order valence-electron chi connectivity index (χ4n) is 1.20. The largest absolute Gasteiger partial charge is 0.352 e. The third-order valence-corrected chi connectivity index (χ3v) is 2.78. The third kappa shape index (κ3) is 9.68. The van der Waals surface area contributed by atoms with Crippen molar-refractivity contribution in [2.45, 2.75) is 26.3 Å². The van der Waals surface area contributed by atoms with Gasteiger partial charge in [0, 0.05) is 12.3 Å². The van der Waals surface area contributed by atoms with Gasteiger partial charge in [0.15, 0.2) is 0 Å². The second-order valence-electron chi connectivity index (χ2n) is 3.74. The van der Waals surface area contributed by atoms with Crippen LogP contribution in [0.15, 0.2) is 0 Å². The zero-order valence-corrected chi connectivity index (χ0v) is 10.4. The van der Waals surface area contributed by atoms with E-state index in [1.165, 1.54) is 0 Å². The van der Waals surface area contributed by atoms with E-state index in [-0.39, 0.29) is 24.2 Å². The summed E-state index contributed by atoms with van der Waals surface area (Å²) >= 11 is 0. The lowest BCUT2D eigenvalue weighted by Crippen LogP contribution is -2.42. The number of rotatable bonds is 7. The molecular weight excluding hydrogens is 216 g/mol. The highest BCUT2D eigenvalue weighted by molar-refractivity contribution is 7.90. The van der Waals surface area contributed by atoms with Gasteiger partial charge in [0.1, 0.15) is 9.84 Å². The summed E-state index contributed by atoms with van der Waals surface area (Å²) in [6.07, 6.45) is 2.12. The molecule has 5 nitrogen and oxygen atoms in total. The Labute approximate surface area is 91.5 Å². The zero-order chi connectivity index (χ0) is 11.9. The summed E-state index contributed by atoms with van der Waals surface area (Å²) in [5.41, 5.74) is 0. The van der Waals surface area contributed by atoms with E-state index in [9.17, 15) is 13.2 Å². The highest BCUT2D eigenvalue weighted by atomic mass is 32.2. The first kappa shape index (κ1) is 14.4. The first-order valence-electron chi connectivity index (χ1n) is 5.03. The second kappa shape index (κ2) is 6.79. The average Bonchev–Trinajstić information content (AvgIpc) is 2.00. The molecule has 0 saturated heterocycles. The van der Waals surface area contributed by atoms with Crippen molar-refractivity contribution in [2.24, 2.45) is 0 Å². The number of hydrogen-bond donors (Lipinski definition) is 2. The van der Waals surface area contributed by atoms with Gasteiger partial charge >= 0.3 is 0 Å². The Bertz CT molecular complexity index is 288. The molecule has 6 heteroatoms. The molecule has 1 unspecified atom stereocenters. The molecule has 0 heterocycles. The van der Waals surface area contributed by atoms with Crippen molar-refractivity contribution >= 4 is 15.7 Å². The Kier molecular flexibility index (Phi) is 6.51. The standard InChI is InChI=1S/C9H20N2O3S/c1-4-5-10-6-9(12)11-8(2)7-15(3,13)14/h8,10H,4-7H2,1-3H3,(H,11,12). The molecule has 15 heavy (non-hydrogen) atoms. The fraction of sp³-hybridized carbons (Fsp3) is 0.889. The minimum atomic E-state index is -3.03. The van der Waals surface area contributed by atoms with Gasteiger partial charge in [-0.1, -0.05) is 6.92 Å². The van der Waals surface area contributed by atoms with Crippen molar-refractivity contribution in [3.8, 4) is 0 Å². The van der Waals surface area contributed by atoms with Crippen molar-refractivity contribution < 1.29 is 13.2 Å². The monoisotopic (exact) mass is 236 g/mol. The van der Waals surface area contributed by atoms with Crippen LogP contribution in [0, 0.1) is 0 Å². The Morgan fingerprint density at radius 1 is 1.40 bits per heavy atom. The van der Waals surface area contributed by atoms with Crippen LogP contribution in [0.2, 0.25) is 0 Å². The molecule has 0 aromatic rings. The van der Waals surface area contributed by atoms with Gasteiger partial charge < -0.3 is 10.6 Å². The maximum Gasteiger partial charge on any atom is 0.234 e. The zero-order valence-electron chi connectivity index (χ0n) is 9.54. The molecule has 0 bridgehead atoms. The van der Waals surface area contributed by atoms with Crippen LogP contribution in [0.5, 0.6) is 0 Å². The first-order chi connectivity index (χ1) is 6.85. The van der Waals surface area contributed by atoms with Crippen molar-refractivity contribution in [3.05, 3.63) is 0 Å². The summed E-state index contributed by atoms with van der Waals surface area (Å²) in [4.78, 5) is 11.2. The minimum absolute atomic E-state index is 0.0213. The number of carbonyl (C=O) groups is 1. The quantitative estimate of drug-likeness (QED) is 0.586. The Hall–Kier alpha value is -0.620. The van der Waals surface area contributed by atoms with Crippen molar-refractivity contribution in [3.63, 3.8) is 0 Å². The lowest BCUT2D eigenvalue weighted by molar-refractivity contribution is -0.120. The third-order valence-electron chi connectivity index (χ3n) is 1.67. The van der Waals surface area contributed by atoms with Gasteiger partial charge in [-0.2, -0.15) is 0 Å². The van der Waals surface area contributed by atoms with Crippen molar-refractivity contribution in [1.82, 2.24) is 10.6 Å². The summed E-state index contributed by atoms with van der Waals surface area (Å²) < 4.78 is 21.8. The van der Waals surface area contributed by atoms with Crippen LogP contribution in [-0.2, 0) is 14.6 Å². The van der Waals surface area contributed by atoms with Gasteiger partial charge in [-0.3, -0.25) is 4.79 Å². The Morgan fingerprint density at radius 3 is 2.47 bits per heavy atom. The van der Waals surface area contributed by atoms with Gasteiger partial charge in [0.05, 0.1) is 12.3 Å². The van der Waals surface area contributed by atoms with E-state index >= 15 is 0 Å². The summed E-state index contributed by atoms with van der Waals surface area (Å²) in [6.45, 7) is 4.71. The molecule has 90 valence electrons. The van der Waals surface area contributed by atoms with Gasteiger partial charge in [0.2, 0.25) is 5.91 Å². The molecule has 0 radical (unpaired) electrons. The van der Waals surface area contributed by atoms with E-state index in [4.69, 9.17) is 0 Å². The highest BCUT2D eigenvalue weighted by Gasteiger charge is 2.12. The molecule has 0 aliphatic carbocycles. The first-order valence-corrected chi connectivity index (χ1v) is 7.09. The Morgan fingerprint density at radius 2 is 2.00 bits per heavy atom. The summed E-state index contributed by atoms with van der Waals surface area (Å²) in [5, 5.41) is 5.56. The molecule has 0 fully saturated rings. The predicted molar refractivity (Wildman–Crippen MR) is 60.5 cm³/mol. The molecule has 0 saturated carbocycles. The number of carbonyl (C=O) groups excluding carboxylic acids is 1. The van der Waals surface area contributed by atoms with E-state index in [0.717, 1.165) is 19.2 Å². The van der Waals surface area contributed by atoms with Crippen LogP contribution in [0.1, 0.15) is 20.3 Å². The van der Waals surface area contributed by atoms with Gasteiger partial charge in [-0.15, -0.1) is 0 Å². The van der Waals surface area contributed by atoms with E-state index in [1.54, 1.807) is 6.92 Å². The van der Waals surface area contributed by atoms with Crippen LogP contribution in [0.25, 0.3) is 0 Å². The summed E-state index contributed by atoms with van der Waals surface area (Å²) in [5.74, 6) is -0.188. The molecule has 0 rings (SSSR count). The van der Waals surface area contributed by atoms with Crippen LogP contribution >= 0.6 is 0 Å². The molecule has 0 aliphatic rings. The molecule has 0 aromatic heterocycles. The molecule has 0 spiro atoms. The maximum atomic E-state index is 11.2. The SMILES string of the molecule is CCCNCC(=O)NC(C)CS(C)(=O)=O. The minimum Gasteiger partial charge on any atom is -0.352 e. The number of nitrogens with one attached hydrogen (secondary N) is 2. The van der Waals surface area contributed by atoms with E-state index < -0.39 is 9.84 Å². The summed E-state index contributed by atoms with van der Waals surface area (Å²) in [6, 6.07) is -0.337. The van der Waals surface area contributed by atoms with E-state index in [2.05, 4.69) is 10.6 Å². The topological polar surface area (TPSA) is 75.3 Å². The van der Waals surface area contributed by atoms with Gasteiger partial charge in [-0.25, -0.2) is 8.42 Å². The van der Waals surface area contributed by atoms with Crippen LogP contribution in [-0.4, -0.2) is 45.5 Å². The fourth-order valence-corrected chi connectivity index (χ4v) is 2.19. The van der Waals surface area contributed by atoms with Crippen LogP contribution in [0.4, 0.5) is 0 Å². The Balaban J connectivity index is 3.77. The van der Waals surface area contributed by atoms with Crippen molar-refractivity contribution in [1.29, 1.82) is 0 Å². The number of sulfone groups is 1. The van der Waals surface area contributed by atoms with Gasteiger partial charge in [0.25, 0.3) is 0 Å². The normalized spacial score (nSPS) is 13.5. The molecule has 1 atom stereocenters. The molecular formula is C9H20N2O3S. The lowest BCUT2D eigenvalue weighted by Gasteiger charge is -2.12. The van der Waals surface area contributed by atoms with Crippen LogP contribution in [0.3, 0.4) is 0 Å². The average molecular weight is 236 g/mol. The van der Waals surface area contributed by atoms with Crippen molar-refractivity contribution in [2.75, 3.05) is 25.1 Å². The van der Waals surface area contributed by atoms with E-state index in [0.29, 0.717) is 0 Å². The smallest absolute Gasteiger partial charge is 0.234 e. The highest BCUT2D eigenvalue weighted by Crippen LogP contribution is 1.89. The molecule has 0 aliphatic heterocycles. The van der Waals surface area contributed by atoms with Crippen LogP contribution < -0.4 is 10.6 Å². The molecule has 1 amide bonds. The maximum absolute atomic E-state index is 11.2. The lowest BCUT2D eigenvalue weighted by atomic mass is 10.4.